The molecular formula is C16H14N2. The van der Waals surface area contributed by atoms with Gasteiger partial charge in [-0.15, -0.1) is 0 Å². The Bertz CT molecular complexity index is 662. The van der Waals surface area contributed by atoms with Crippen molar-refractivity contribution < 1.29 is 0 Å². The van der Waals surface area contributed by atoms with E-state index in [2.05, 4.69) is 30.1 Å². The van der Waals surface area contributed by atoms with Crippen molar-refractivity contribution in [2.45, 2.75) is 12.8 Å². The lowest BCUT2D eigenvalue weighted by molar-refractivity contribution is 0.839. The Morgan fingerprint density at radius 1 is 0.833 bits per heavy atom. The highest BCUT2D eigenvalue weighted by Gasteiger charge is 2.10. The van der Waals surface area contributed by atoms with Crippen LogP contribution in [-0.4, -0.2) is 9.97 Å². The van der Waals surface area contributed by atoms with Gasteiger partial charge in [0.1, 0.15) is 0 Å². The van der Waals surface area contributed by atoms with E-state index in [1.54, 1.807) is 0 Å². The summed E-state index contributed by atoms with van der Waals surface area (Å²) in [4.78, 5) is 9.11. The number of rotatable bonds is 2. The quantitative estimate of drug-likeness (QED) is 0.674. The van der Waals surface area contributed by atoms with Crippen molar-refractivity contribution >= 4 is 10.9 Å². The molecule has 1 aromatic carbocycles. The maximum atomic E-state index is 4.71. The molecular weight excluding hydrogens is 220 g/mol. The minimum Gasteiger partial charge on any atom is -0.261 e. The number of aromatic nitrogens is 2. The Labute approximate surface area is 106 Å². The highest BCUT2D eigenvalue weighted by molar-refractivity contribution is 5.78. The zero-order valence-corrected chi connectivity index (χ0v) is 10.2. The summed E-state index contributed by atoms with van der Waals surface area (Å²) in [7, 11) is 0. The van der Waals surface area contributed by atoms with Gasteiger partial charge in [0.2, 0.25) is 0 Å². The maximum absolute atomic E-state index is 4.71. The van der Waals surface area contributed by atoms with Crippen molar-refractivity contribution in [3.05, 3.63) is 72.2 Å². The fraction of sp³-hybridized carbons (Fsp3) is 0.125. The molecule has 18 heavy (non-hydrogen) atoms. The van der Waals surface area contributed by atoms with E-state index in [1.165, 1.54) is 5.39 Å². The number of benzene rings is 1. The largest absolute Gasteiger partial charge is 0.261 e. The van der Waals surface area contributed by atoms with E-state index in [0.717, 1.165) is 16.9 Å². The second-order valence-corrected chi connectivity index (χ2v) is 4.41. The van der Waals surface area contributed by atoms with Crippen molar-refractivity contribution in [1.82, 2.24) is 9.97 Å². The zero-order chi connectivity index (χ0) is 12.4. The Hall–Kier alpha value is -2.22. The molecule has 0 aliphatic rings. The molecule has 2 aromatic heterocycles. The molecule has 3 rings (SSSR count). The molecule has 2 nitrogen and oxygen atoms in total. The van der Waals surface area contributed by atoms with Gasteiger partial charge in [0.05, 0.1) is 5.52 Å². The first-order valence-corrected chi connectivity index (χ1v) is 6.11. The molecule has 88 valence electrons. The van der Waals surface area contributed by atoms with Gasteiger partial charge < -0.3 is 0 Å². The van der Waals surface area contributed by atoms with Crippen LogP contribution in [-0.2, 0) is 0 Å². The SMILES string of the molecule is CC(c1ccccn1)c1ccc2ccccc2n1. The van der Waals surface area contributed by atoms with Crippen molar-refractivity contribution in [3.8, 4) is 0 Å². The highest BCUT2D eigenvalue weighted by Crippen LogP contribution is 2.22. The van der Waals surface area contributed by atoms with E-state index in [9.17, 15) is 0 Å². The first-order chi connectivity index (χ1) is 8.84. The molecule has 0 fully saturated rings. The summed E-state index contributed by atoms with van der Waals surface area (Å²) in [6, 6.07) is 18.4. The van der Waals surface area contributed by atoms with E-state index in [0.29, 0.717) is 0 Å². The van der Waals surface area contributed by atoms with Crippen LogP contribution in [0.4, 0.5) is 0 Å². The van der Waals surface area contributed by atoms with Crippen LogP contribution in [0.15, 0.2) is 60.8 Å². The van der Waals surface area contributed by atoms with Crippen molar-refractivity contribution in [2.24, 2.45) is 0 Å². The fourth-order valence-electron chi connectivity index (χ4n) is 2.11. The van der Waals surface area contributed by atoms with Gasteiger partial charge in [-0.2, -0.15) is 0 Å². The van der Waals surface area contributed by atoms with Gasteiger partial charge in [0, 0.05) is 28.9 Å². The average Bonchev–Trinajstić information content (AvgIpc) is 2.47. The van der Waals surface area contributed by atoms with Crippen molar-refractivity contribution in [3.63, 3.8) is 0 Å². The minimum absolute atomic E-state index is 0.218. The molecule has 0 radical (unpaired) electrons. The summed E-state index contributed by atoms with van der Waals surface area (Å²) >= 11 is 0. The molecule has 0 spiro atoms. The second-order valence-electron chi connectivity index (χ2n) is 4.41. The molecule has 3 aromatic rings. The van der Waals surface area contributed by atoms with E-state index < -0.39 is 0 Å². The first-order valence-electron chi connectivity index (χ1n) is 6.11. The molecule has 0 N–H and O–H groups in total. The standard InChI is InChI=1S/C16H14N2/c1-12(14-7-4-5-11-17-14)15-10-9-13-6-2-3-8-16(13)18-15/h2-12H,1H3. The second kappa shape index (κ2) is 4.57. The molecule has 0 amide bonds. The molecule has 0 aliphatic heterocycles. The maximum Gasteiger partial charge on any atom is 0.0705 e. The summed E-state index contributed by atoms with van der Waals surface area (Å²) in [6.07, 6.45) is 1.83. The Kier molecular flexibility index (Phi) is 2.77. The third-order valence-electron chi connectivity index (χ3n) is 3.20. The summed E-state index contributed by atoms with van der Waals surface area (Å²) in [5.41, 5.74) is 3.16. The van der Waals surface area contributed by atoms with Gasteiger partial charge in [-0.05, 0) is 24.3 Å². The number of nitrogens with zero attached hydrogens (tertiary/aromatic N) is 2. The lowest BCUT2D eigenvalue weighted by atomic mass is 10.0. The van der Waals surface area contributed by atoms with E-state index >= 15 is 0 Å². The van der Waals surface area contributed by atoms with Crippen molar-refractivity contribution in [2.75, 3.05) is 0 Å². The summed E-state index contributed by atoms with van der Waals surface area (Å²) in [5, 5.41) is 1.18. The molecule has 0 aliphatic carbocycles. The molecule has 0 bridgehead atoms. The molecule has 0 saturated heterocycles. The van der Waals surface area contributed by atoms with Crippen LogP contribution in [0.3, 0.4) is 0 Å². The summed E-state index contributed by atoms with van der Waals surface area (Å²) in [5.74, 6) is 0.218. The predicted molar refractivity (Wildman–Crippen MR) is 73.5 cm³/mol. The Morgan fingerprint density at radius 3 is 2.50 bits per heavy atom. The van der Waals surface area contributed by atoms with Crippen molar-refractivity contribution in [1.29, 1.82) is 0 Å². The molecule has 1 atom stereocenters. The lowest BCUT2D eigenvalue weighted by Crippen LogP contribution is -2.01. The highest BCUT2D eigenvalue weighted by atomic mass is 14.7. The van der Waals surface area contributed by atoms with Crippen LogP contribution < -0.4 is 0 Å². The normalized spacial score (nSPS) is 12.5. The van der Waals surface area contributed by atoms with E-state index in [1.807, 2.05) is 42.6 Å². The number of hydrogen-bond acceptors (Lipinski definition) is 2. The van der Waals surface area contributed by atoms with Crippen LogP contribution in [0.25, 0.3) is 10.9 Å². The predicted octanol–water partition coefficient (Wildman–Crippen LogP) is 3.78. The monoisotopic (exact) mass is 234 g/mol. The van der Waals surface area contributed by atoms with Crippen LogP contribution in [0.2, 0.25) is 0 Å². The van der Waals surface area contributed by atoms with Gasteiger partial charge in [-0.3, -0.25) is 9.97 Å². The van der Waals surface area contributed by atoms with Gasteiger partial charge in [0.25, 0.3) is 0 Å². The third-order valence-corrected chi connectivity index (χ3v) is 3.20. The first kappa shape index (κ1) is 10.9. The fourth-order valence-corrected chi connectivity index (χ4v) is 2.11. The van der Waals surface area contributed by atoms with Gasteiger partial charge in [0.15, 0.2) is 0 Å². The lowest BCUT2D eigenvalue weighted by Gasteiger charge is -2.10. The Morgan fingerprint density at radius 2 is 1.67 bits per heavy atom. The molecule has 0 saturated carbocycles. The number of pyridine rings is 2. The van der Waals surface area contributed by atoms with E-state index in [-0.39, 0.29) is 5.92 Å². The molecule has 1 unspecified atom stereocenters. The smallest absolute Gasteiger partial charge is 0.0705 e. The average molecular weight is 234 g/mol. The number of para-hydroxylation sites is 1. The van der Waals surface area contributed by atoms with Crippen LogP contribution in [0, 0.1) is 0 Å². The van der Waals surface area contributed by atoms with Crippen LogP contribution >= 0.6 is 0 Å². The number of fused-ring (bicyclic) bond motifs is 1. The minimum atomic E-state index is 0.218. The number of hydrogen-bond donors (Lipinski definition) is 0. The van der Waals surface area contributed by atoms with Gasteiger partial charge >= 0.3 is 0 Å². The summed E-state index contributed by atoms with van der Waals surface area (Å²) in [6.45, 7) is 2.14. The van der Waals surface area contributed by atoms with Gasteiger partial charge in [-0.1, -0.05) is 37.3 Å². The molecule has 2 heteroatoms. The van der Waals surface area contributed by atoms with Crippen LogP contribution in [0.5, 0.6) is 0 Å². The van der Waals surface area contributed by atoms with Gasteiger partial charge in [-0.25, -0.2) is 0 Å². The van der Waals surface area contributed by atoms with Crippen LogP contribution in [0.1, 0.15) is 24.2 Å². The Balaban J connectivity index is 2.04. The topological polar surface area (TPSA) is 25.8 Å². The van der Waals surface area contributed by atoms with E-state index in [4.69, 9.17) is 4.98 Å². The molecule has 2 heterocycles. The third kappa shape index (κ3) is 1.97. The zero-order valence-electron chi connectivity index (χ0n) is 10.2. The summed E-state index contributed by atoms with van der Waals surface area (Å²) < 4.78 is 0.